The monoisotopic (exact) mass is 525 g/mol. The molecular weight excluding hydrogens is 475 g/mol. The highest BCUT2D eigenvalue weighted by molar-refractivity contribution is 8.78. The molecule has 0 amide bonds. The van der Waals surface area contributed by atoms with Crippen LogP contribution in [0.3, 0.4) is 0 Å². The summed E-state index contributed by atoms with van der Waals surface area (Å²) in [6.45, 7) is 6.03. The molecule has 0 aromatic rings. The van der Waals surface area contributed by atoms with Crippen molar-refractivity contribution in [1.29, 1.82) is 0 Å². The lowest BCUT2D eigenvalue weighted by Crippen LogP contribution is -2.19. The number of carbonyl (C=O) groups is 1. The van der Waals surface area contributed by atoms with Gasteiger partial charge in [0.25, 0.3) is 0 Å². The molecule has 1 atom stereocenters. The SMILES string of the molecule is CCCCCCCCSSCC(COC(=O)CCCN(C)C)SSCCCCCCCC. The average Bonchev–Trinajstić information content (AvgIpc) is 2.77. The van der Waals surface area contributed by atoms with Crippen molar-refractivity contribution >= 4 is 49.1 Å². The summed E-state index contributed by atoms with van der Waals surface area (Å²) in [6.07, 6.45) is 17.7. The first kappa shape index (κ1) is 32.8. The van der Waals surface area contributed by atoms with Gasteiger partial charge in [0.05, 0.1) is 5.25 Å². The van der Waals surface area contributed by atoms with Gasteiger partial charge in [0.2, 0.25) is 0 Å². The molecule has 0 bridgehead atoms. The zero-order valence-corrected chi connectivity index (χ0v) is 24.7. The molecule has 0 aliphatic rings. The van der Waals surface area contributed by atoms with Gasteiger partial charge in [-0.2, -0.15) is 0 Å². The van der Waals surface area contributed by atoms with Crippen molar-refractivity contribution in [1.82, 2.24) is 4.90 Å². The molecule has 0 saturated carbocycles. The van der Waals surface area contributed by atoms with Crippen LogP contribution in [0.5, 0.6) is 0 Å². The molecule has 1 unspecified atom stereocenters. The smallest absolute Gasteiger partial charge is 0.305 e. The van der Waals surface area contributed by atoms with Crippen LogP contribution in [0.15, 0.2) is 0 Å². The predicted octanol–water partition coefficient (Wildman–Crippen LogP) is 8.72. The van der Waals surface area contributed by atoms with Gasteiger partial charge in [-0.1, -0.05) is 121 Å². The van der Waals surface area contributed by atoms with Crippen LogP contribution >= 0.6 is 43.2 Å². The zero-order valence-electron chi connectivity index (χ0n) is 21.4. The standard InChI is InChI=1S/C25H51NO2S4/c1-5-7-9-11-13-15-20-29-31-23-24(22-28-25(27)18-17-19-26(3)4)32-30-21-16-14-12-10-8-6-2/h24H,5-23H2,1-4H3. The van der Waals surface area contributed by atoms with Crippen molar-refractivity contribution in [3.63, 3.8) is 0 Å². The lowest BCUT2D eigenvalue weighted by Gasteiger charge is -2.16. The maximum atomic E-state index is 12.1. The van der Waals surface area contributed by atoms with Crippen molar-refractivity contribution in [3.05, 3.63) is 0 Å². The van der Waals surface area contributed by atoms with E-state index in [2.05, 4.69) is 18.7 Å². The van der Waals surface area contributed by atoms with E-state index < -0.39 is 0 Å². The van der Waals surface area contributed by atoms with Gasteiger partial charge < -0.3 is 9.64 Å². The Bertz CT molecular complexity index is 400. The molecule has 0 fully saturated rings. The van der Waals surface area contributed by atoms with Crippen LogP contribution in [-0.4, -0.2) is 60.6 Å². The average molecular weight is 526 g/mol. The molecule has 0 spiro atoms. The van der Waals surface area contributed by atoms with Crippen molar-refractivity contribution < 1.29 is 9.53 Å². The Morgan fingerprint density at radius 2 is 1.31 bits per heavy atom. The first-order valence-electron chi connectivity index (χ1n) is 12.9. The highest BCUT2D eigenvalue weighted by atomic mass is 33.1. The Kier molecular flexibility index (Phi) is 27.1. The molecule has 7 heteroatoms. The summed E-state index contributed by atoms with van der Waals surface area (Å²) in [6, 6.07) is 0. The first-order chi connectivity index (χ1) is 15.6. The number of hydrogen-bond acceptors (Lipinski definition) is 7. The fraction of sp³-hybridized carbons (Fsp3) is 0.960. The maximum absolute atomic E-state index is 12.1. The molecule has 0 N–H and O–H groups in total. The van der Waals surface area contributed by atoms with E-state index in [4.69, 9.17) is 4.74 Å². The normalized spacial score (nSPS) is 12.4. The van der Waals surface area contributed by atoms with Crippen LogP contribution < -0.4 is 0 Å². The van der Waals surface area contributed by atoms with E-state index in [-0.39, 0.29) is 5.97 Å². The number of unbranched alkanes of at least 4 members (excludes halogenated alkanes) is 10. The van der Waals surface area contributed by atoms with E-state index in [9.17, 15) is 4.79 Å². The predicted molar refractivity (Wildman–Crippen MR) is 154 cm³/mol. The topological polar surface area (TPSA) is 29.5 Å². The summed E-state index contributed by atoms with van der Waals surface area (Å²) in [5, 5.41) is 0.389. The largest absolute Gasteiger partial charge is 0.464 e. The second-order valence-corrected chi connectivity index (χ2v) is 14.2. The molecule has 0 radical (unpaired) electrons. The van der Waals surface area contributed by atoms with Crippen LogP contribution in [0.25, 0.3) is 0 Å². The van der Waals surface area contributed by atoms with E-state index in [0.29, 0.717) is 18.3 Å². The second kappa shape index (κ2) is 26.4. The minimum atomic E-state index is -0.0388. The Labute approximate surface area is 216 Å². The highest BCUT2D eigenvalue weighted by Crippen LogP contribution is 2.34. The van der Waals surface area contributed by atoms with Gasteiger partial charge >= 0.3 is 5.97 Å². The maximum Gasteiger partial charge on any atom is 0.305 e. The Morgan fingerprint density at radius 3 is 1.91 bits per heavy atom. The van der Waals surface area contributed by atoms with Crippen LogP contribution in [0, 0.1) is 0 Å². The van der Waals surface area contributed by atoms with Crippen molar-refractivity contribution in [2.75, 3.05) is 44.5 Å². The summed E-state index contributed by atoms with van der Waals surface area (Å²) < 4.78 is 5.63. The van der Waals surface area contributed by atoms with E-state index in [0.717, 1.165) is 18.7 Å². The third-order valence-corrected chi connectivity index (χ3v) is 10.8. The summed E-state index contributed by atoms with van der Waals surface area (Å²) in [5.41, 5.74) is 0. The van der Waals surface area contributed by atoms with Gasteiger partial charge in [-0.15, -0.1) is 0 Å². The van der Waals surface area contributed by atoms with Gasteiger partial charge in [-0.25, -0.2) is 0 Å². The van der Waals surface area contributed by atoms with E-state index in [1.165, 1.54) is 88.6 Å². The molecule has 0 aliphatic heterocycles. The number of carbonyl (C=O) groups excluding carboxylic acids is 1. The highest BCUT2D eigenvalue weighted by Gasteiger charge is 2.14. The second-order valence-electron chi connectivity index (χ2n) is 8.77. The van der Waals surface area contributed by atoms with Crippen molar-refractivity contribution in [3.8, 4) is 0 Å². The number of hydrogen-bond donors (Lipinski definition) is 0. The van der Waals surface area contributed by atoms with Crippen LogP contribution in [0.1, 0.15) is 104 Å². The molecule has 0 rings (SSSR count). The fourth-order valence-corrected chi connectivity index (χ4v) is 8.69. The van der Waals surface area contributed by atoms with Crippen LogP contribution in [0.4, 0.5) is 0 Å². The summed E-state index contributed by atoms with van der Waals surface area (Å²) in [4.78, 5) is 14.2. The van der Waals surface area contributed by atoms with Gasteiger partial charge in [0.1, 0.15) is 6.61 Å². The lowest BCUT2D eigenvalue weighted by atomic mass is 10.1. The molecule has 32 heavy (non-hydrogen) atoms. The molecule has 3 nitrogen and oxygen atoms in total. The molecule has 0 aromatic heterocycles. The molecule has 0 heterocycles. The quantitative estimate of drug-likeness (QED) is 0.0668. The Hall–Kier alpha value is 0.830. The van der Waals surface area contributed by atoms with Crippen LogP contribution in [0.2, 0.25) is 0 Å². The Morgan fingerprint density at radius 1 is 0.750 bits per heavy atom. The van der Waals surface area contributed by atoms with Crippen LogP contribution in [-0.2, 0) is 9.53 Å². The van der Waals surface area contributed by atoms with Crippen molar-refractivity contribution in [2.24, 2.45) is 0 Å². The molecule has 192 valence electrons. The number of esters is 1. The zero-order chi connectivity index (χ0) is 23.7. The van der Waals surface area contributed by atoms with E-state index >= 15 is 0 Å². The minimum Gasteiger partial charge on any atom is -0.464 e. The van der Waals surface area contributed by atoms with Gasteiger partial charge in [0, 0.05) is 23.7 Å². The lowest BCUT2D eigenvalue weighted by molar-refractivity contribution is -0.143. The van der Waals surface area contributed by atoms with Crippen molar-refractivity contribution in [2.45, 2.75) is 109 Å². The minimum absolute atomic E-state index is 0.0388. The molecule has 0 saturated heterocycles. The summed E-state index contributed by atoms with van der Waals surface area (Å²) >= 11 is 0. The van der Waals surface area contributed by atoms with Gasteiger partial charge in [-0.3, -0.25) is 4.79 Å². The summed E-state index contributed by atoms with van der Waals surface area (Å²) in [7, 11) is 12.0. The fourth-order valence-electron chi connectivity index (χ4n) is 3.11. The molecule has 0 aliphatic carbocycles. The van der Waals surface area contributed by atoms with E-state index in [1.807, 2.05) is 57.3 Å². The summed E-state index contributed by atoms with van der Waals surface area (Å²) in [5.74, 6) is 3.46. The molecule has 0 aromatic carbocycles. The number of rotatable bonds is 25. The third kappa shape index (κ3) is 25.5. The van der Waals surface area contributed by atoms with E-state index in [1.54, 1.807) is 0 Å². The van der Waals surface area contributed by atoms with Gasteiger partial charge in [0.15, 0.2) is 0 Å². The Balaban J connectivity index is 4.01. The van der Waals surface area contributed by atoms with Gasteiger partial charge in [-0.05, 0) is 39.9 Å². The first-order valence-corrected chi connectivity index (χ1v) is 17.8. The number of nitrogens with zero attached hydrogens (tertiary/aromatic N) is 1. The molecular formula is C25H51NO2S4. The number of ether oxygens (including phenoxy) is 1. The third-order valence-electron chi connectivity index (χ3n) is 5.12.